The average Bonchev–Trinajstić information content (AvgIpc) is 2.71. The van der Waals surface area contributed by atoms with Gasteiger partial charge in [-0.3, -0.25) is 0 Å². The first kappa shape index (κ1) is 9.51. The minimum atomic E-state index is 0.642. The monoisotopic (exact) mass is 204 g/mol. The lowest BCUT2D eigenvalue weighted by Gasteiger charge is -2.07. The van der Waals surface area contributed by atoms with Crippen LogP contribution in [0.4, 0.5) is 5.69 Å². The lowest BCUT2D eigenvalue weighted by atomic mass is 10.2. The molecule has 0 aliphatic heterocycles. The Hall–Kier alpha value is -2.04. The number of nitrogens with zero attached hydrogens (tertiary/aromatic N) is 3. The maximum absolute atomic E-state index is 5.80. The number of hydrogen-bond acceptors (Lipinski definition) is 4. The lowest BCUT2D eigenvalue weighted by Crippen LogP contribution is -1.99. The summed E-state index contributed by atoms with van der Waals surface area (Å²) in [5.41, 5.74) is 7.53. The van der Waals surface area contributed by atoms with Gasteiger partial charge in [0, 0.05) is 0 Å². The summed E-state index contributed by atoms with van der Waals surface area (Å²) in [6.07, 6.45) is 3.33. The minimum Gasteiger partial charge on any atom is -0.495 e. The Balaban J connectivity index is 2.20. The first-order valence-electron chi connectivity index (χ1n) is 4.54. The molecule has 1 aromatic heterocycles. The van der Waals surface area contributed by atoms with Gasteiger partial charge in [0.05, 0.1) is 19.3 Å². The van der Waals surface area contributed by atoms with E-state index in [0.29, 0.717) is 18.0 Å². The van der Waals surface area contributed by atoms with Crippen LogP contribution in [0.25, 0.3) is 0 Å². The quantitative estimate of drug-likeness (QED) is 0.755. The fraction of sp³-hybridized carbons (Fsp3) is 0.200. The highest BCUT2D eigenvalue weighted by Crippen LogP contribution is 2.22. The van der Waals surface area contributed by atoms with Gasteiger partial charge in [-0.05, 0) is 17.7 Å². The molecular weight excluding hydrogens is 192 g/mol. The molecule has 0 aliphatic carbocycles. The van der Waals surface area contributed by atoms with Crippen molar-refractivity contribution in [2.75, 3.05) is 12.8 Å². The third-order valence-corrected chi connectivity index (χ3v) is 2.13. The SMILES string of the molecule is COc1ccc(Cn2cnnc2)cc1N. The van der Waals surface area contributed by atoms with Gasteiger partial charge >= 0.3 is 0 Å². The molecule has 5 heteroatoms. The fourth-order valence-corrected chi connectivity index (χ4v) is 1.40. The molecule has 0 bridgehead atoms. The Bertz CT molecular complexity index is 439. The first-order valence-corrected chi connectivity index (χ1v) is 4.54. The Morgan fingerprint density at radius 2 is 2.07 bits per heavy atom. The number of aromatic nitrogens is 3. The molecule has 1 heterocycles. The van der Waals surface area contributed by atoms with Crippen LogP contribution in [0.2, 0.25) is 0 Å². The van der Waals surface area contributed by atoms with Gasteiger partial charge in [-0.25, -0.2) is 0 Å². The van der Waals surface area contributed by atoms with E-state index in [0.717, 1.165) is 5.56 Å². The lowest BCUT2D eigenvalue weighted by molar-refractivity contribution is 0.417. The molecule has 0 spiro atoms. The topological polar surface area (TPSA) is 66.0 Å². The van der Waals surface area contributed by atoms with Crippen molar-refractivity contribution in [1.29, 1.82) is 0 Å². The number of anilines is 1. The van der Waals surface area contributed by atoms with Crippen LogP contribution in [0.1, 0.15) is 5.56 Å². The van der Waals surface area contributed by atoms with E-state index in [1.165, 1.54) is 0 Å². The maximum Gasteiger partial charge on any atom is 0.141 e. The van der Waals surface area contributed by atoms with Crippen LogP contribution in [0.15, 0.2) is 30.9 Å². The van der Waals surface area contributed by atoms with Crippen LogP contribution in [0, 0.1) is 0 Å². The van der Waals surface area contributed by atoms with Crippen LogP contribution in [-0.2, 0) is 6.54 Å². The summed E-state index contributed by atoms with van der Waals surface area (Å²) in [6, 6.07) is 5.71. The van der Waals surface area contributed by atoms with E-state index in [-0.39, 0.29) is 0 Å². The third kappa shape index (κ3) is 2.07. The van der Waals surface area contributed by atoms with Gasteiger partial charge < -0.3 is 15.0 Å². The van der Waals surface area contributed by atoms with Gasteiger partial charge in [-0.2, -0.15) is 0 Å². The Morgan fingerprint density at radius 3 is 2.67 bits per heavy atom. The Kier molecular flexibility index (Phi) is 2.53. The molecule has 0 unspecified atom stereocenters. The molecule has 0 radical (unpaired) electrons. The van der Waals surface area contributed by atoms with E-state index >= 15 is 0 Å². The number of ether oxygens (including phenoxy) is 1. The van der Waals surface area contributed by atoms with E-state index < -0.39 is 0 Å². The van der Waals surface area contributed by atoms with Crippen molar-refractivity contribution in [1.82, 2.24) is 14.8 Å². The maximum atomic E-state index is 5.80. The zero-order chi connectivity index (χ0) is 10.7. The van der Waals surface area contributed by atoms with Gasteiger partial charge in [-0.15, -0.1) is 10.2 Å². The van der Waals surface area contributed by atoms with Crippen molar-refractivity contribution in [2.24, 2.45) is 0 Å². The third-order valence-electron chi connectivity index (χ3n) is 2.13. The molecule has 15 heavy (non-hydrogen) atoms. The molecule has 0 atom stereocenters. The van der Waals surface area contributed by atoms with Crippen molar-refractivity contribution in [2.45, 2.75) is 6.54 Å². The summed E-state index contributed by atoms with van der Waals surface area (Å²) >= 11 is 0. The summed E-state index contributed by atoms with van der Waals surface area (Å²) in [4.78, 5) is 0. The summed E-state index contributed by atoms with van der Waals surface area (Å²) in [5.74, 6) is 0.697. The van der Waals surface area contributed by atoms with Crippen LogP contribution in [-0.4, -0.2) is 21.9 Å². The smallest absolute Gasteiger partial charge is 0.141 e. The number of hydrogen-bond donors (Lipinski definition) is 1. The van der Waals surface area contributed by atoms with Gasteiger partial charge in [0.25, 0.3) is 0 Å². The number of methoxy groups -OCH3 is 1. The molecule has 1 aromatic carbocycles. The molecule has 78 valence electrons. The van der Waals surface area contributed by atoms with Crippen molar-refractivity contribution in [3.05, 3.63) is 36.4 Å². The molecule has 2 rings (SSSR count). The molecule has 0 aliphatic rings. The molecule has 0 saturated heterocycles. The fourth-order valence-electron chi connectivity index (χ4n) is 1.40. The zero-order valence-corrected chi connectivity index (χ0v) is 8.42. The van der Waals surface area contributed by atoms with Crippen LogP contribution >= 0.6 is 0 Å². The standard InChI is InChI=1S/C10H12N4O/c1-15-10-3-2-8(4-9(10)11)5-14-6-12-13-7-14/h2-4,6-7H,5,11H2,1H3. The summed E-state index contributed by atoms with van der Waals surface area (Å²) < 4.78 is 6.95. The highest BCUT2D eigenvalue weighted by atomic mass is 16.5. The van der Waals surface area contributed by atoms with Crippen molar-refractivity contribution in [3.8, 4) is 5.75 Å². The van der Waals surface area contributed by atoms with Crippen LogP contribution < -0.4 is 10.5 Å². The van der Waals surface area contributed by atoms with E-state index in [4.69, 9.17) is 10.5 Å². The second-order valence-electron chi connectivity index (χ2n) is 3.21. The van der Waals surface area contributed by atoms with Crippen molar-refractivity contribution >= 4 is 5.69 Å². The predicted molar refractivity (Wildman–Crippen MR) is 56.5 cm³/mol. The number of benzene rings is 1. The summed E-state index contributed by atoms with van der Waals surface area (Å²) in [5, 5.41) is 7.46. The number of nitrogens with two attached hydrogens (primary N) is 1. The molecule has 0 amide bonds. The second kappa shape index (κ2) is 4.00. The normalized spacial score (nSPS) is 10.2. The molecule has 2 aromatic rings. The van der Waals surface area contributed by atoms with Crippen LogP contribution in [0.5, 0.6) is 5.75 Å². The van der Waals surface area contributed by atoms with Crippen molar-refractivity contribution in [3.63, 3.8) is 0 Å². The van der Waals surface area contributed by atoms with Crippen LogP contribution in [0.3, 0.4) is 0 Å². The molecule has 0 fully saturated rings. The molecule has 5 nitrogen and oxygen atoms in total. The predicted octanol–water partition coefficient (Wildman–Crippen LogP) is 0.917. The van der Waals surface area contributed by atoms with E-state index in [9.17, 15) is 0 Å². The molecular formula is C10H12N4O. The first-order chi connectivity index (χ1) is 7.29. The van der Waals surface area contributed by atoms with Gasteiger partial charge in [-0.1, -0.05) is 6.07 Å². The Morgan fingerprint density at radius 1 is 1.33 bits per heavy atom. The Labute approximate surface area is 87.5 Å². The largest absolute Gasteiger partial charge is 0.495 e. The minimum absolute atomic E-state index is 0.642. The molecule has 0 saturated carbocycles. The number of rotatable bonds is 3. The van der Waals surface area contributed by atoms with Crippen molar-refractivity contribution < 1.29 is 4.74 Å². The summed E-state index contributed by atoms with van der Waals surface area (Å²) in [6.45, 7) is 0.710. The van der Waals surface area contributed by atoms with E-state index in [1.54, 1.807) is 19.8 Å². The van der Waals surface area contributed by atoms with Gasteiger partial charge in [0.2, 0.25) is 0 Å². The summed E-state index contributed by atoms with van der Waals surface area (Å²) in [7, 11) is 1.60. The van der Waals surface area contributed by atoms with E-state index in [2.05, 4.69) is 10.2 Å². The zero-order valence-electron chi connectivity index (χ0n) is 8.42. The van der Waals surface area contributed by atoms with Gasteiger partial charge in [0.15, 0.2) is 0 Å². The van der Waals surface area contributed by atoms with Gasteiger partial charge in [0.1, 0.15) is 18.4 Å². The number of nitrogen functional groups attached to an aromatic ring is 1. The second-order valence-corrected chi connectivity index (χ2v) is 3.21. The highest BCUT2D eigenvalue weighted by molar-refractivity contribution is 5.54. The highest BCUT2D eigenvalue weighted by Gasteiger charge is 2.01. The van der Waals surface area contributed by atoms with E-state index in [1.807, 2.05) is 22.8 Å². The average molecular weight is 204 g/mol. The molecule has 2 N–H and O–H groups in total.